The molecular weight excluding hydrogens is 346 g/mol. The van der Waals surface area contributed by atoms with Gasteiger partial charge in [-0.15, -0.1) is 0 Å². The van der Waals surface area contributed by atoms with Gasteiger partial charge < -0.3 is 9.15 Å². The van der Waals surface area contributed by atoms with Crippen LogP contribution in [-0.4, -0.2) is 22.7 Å². The van der Waals surface area contributed by atoms with Crippen LogP contribution < -0.4 is 0 Å². The Morgan fingerprint density at radius 2 is 1.70 bits per heavy atom. The number of benzene rings is 2. The second-order valence-corrected chi connectivity index (χ2v) is 6.40. The van der Waals surface area contributed by atoms with Crippen molar-refractivity contribution in [1.29, 1.82) is 0 Å². The number of nitrogens with zero attached hydrogens (tertiary/aromatic N) is 1. The molecular formula is C21H17NO5. The molecule has 6 heteroatoms. The SMILES string of the molecule is O=C(OCc1cc2ccccc2o1)c1ccc(CN2C(=O)CCC2=O)cc1. The van der Waals surface area contributed by atoms with Crippen molar-refractivity contribution in [3.05, 3.63) is 71.5 Å². The van der Waals surface area contributed by atoms with Crippen LogP contribution in [0.4, 0.5) is 0 Å². The van der Waals surface area contributed by atoms with Crippen LogP contribution in [0.25, 0.3) is 11.0 Å². The van der Waals surface area contributed by atoms with Crippen molar-refractivity contribution in [2.45, 2.75) is 26.0 Å². The molecule has 27 heavy (non-hydrogen) atoms. The fourth-order valence-corrected chi connectivity index (χ4v) is 3.06. The molecule has 2 heterocycles. The molecule has 0 atom stereocenters. The lowest BCUT2D eigenvalue weighted by Crippen LogP contribution is -2.28. The summed E-state index contributed by atoms with van der Waals surface area (Å²) in [4.78, 5) is 36.8. The summed E-state index contributed by atoms with van der Waals surface area (Å²) in [7, 11) is 0. The molecule has 0 radical (unpaired) electrons. The molecule has 6 nitrogen and oxygen atoms in total. The predicted octanol–water partition coefficient (Wildman–Crippen LogP) is 3.44. The maximum atomic E-state index is 12.2. The van der Waals surface area contributed by atoms with Gasteiger partial charge in [0.05, 0.1) is 12.1 Å². The van der Waals surface area contributed by atoms with Crippen LogP contribution in [0.5, 0.6) is 0 Å². The van der Waals surface area contributed by atoms with Gasteiger partial charge in [0.1, 0.15) is 18.0 Å². The van der Waals surface area contributed by atoms with Gasteiger partial charge in [-0.1, -0.05) is 30.3 Å². The number of esters is 1. The number of ether oxygens (including phenoxy) is 1. The Bertz CT molecular complexity index is 969. The van der Waals surface area contributed by atoms with Gasteiger partial charge in [0.15, 0.2) is 0 Å². The average Bonchev–Trinajstić information content (AvgIpc) is 3.24. The highest BCUT2D eigenvalue weighted by Gasteiger charge is 2.28. The van der Waals surface area contributed by atoms with Gasteiger partial charge in [-0.2, -0.15) is 0 Å². The second-order valence-electron chi connectivity index (χ2n) is 6.40. The zero-order valence-corrected chi connectivity index (χ0v) is 14.5. The van der Waals surface area contributed by atoms with E-state index < -0.39 is 5.97 Å². The third kappa shape index (κ3) is 3.60. The van der Waals surface area contributed by atoms with E-state index in [0.717, 1.165) is 16.5 Å². The standard InChI is InChI=1S/C21H17NO5/c23-19-9-10-20(24)22(19)12-14-5-7-15(8-6-14)21(25)26-13-17-11-16-3-1-2-4-18(16)27-17/h1-8,11H,9-10,12-13H2. The largest absolute Gasteiger partial charge is 0.457 e. The van der Waals surface area contributed by atoms with E-state index in [0.29, 0.717) is 11.3 Å². The highest BCUT2D eigenvalue weighted by Crippen LogP contribution is 2.20. The summed E-state index contributed by atoms with van der Waals surface area (Å²) in [5, 5.41) is 0.957. The van der Waals surface area contributed by atoms with Crippen LogP contribution in [0.1, 0.15) is 34.5 Å². The summed E-state index contributed by atoms with van der Waals surface area (Å²) in [5.41, 5.74) is 1.93. The number of rotatable bonds is 5. The Labute approximate surface area is 155 Å². The van der Waals surface area contributed by atoms with E-state index in [1.54, 1.807) is 24.3 Å². The first-order chi connectivity index (χ1) is 13.1. The Hall–Kier alpha value is -3.41. The fraction of sp³-hybridized carbons (Fsp3) is 0.190. The molecule has 0 aliphatic carbocycles. The molecule has 1 saturated heterocycles. The molecule has 4 rings (SSSR count). The van der Waals surface area contributed by atoms with Gasteiger partial charge in [0.2, 0.25) is 11.8 Å². The molecule has 1 aromatic heterocycles. The molecule has 0 unspecified atom stereocenters. The molecule has 0 saturated carbocycles. The quantitative estimate of drug-likeness (QED) is 0.513. The summed E-state index contributed by atoms with van der Waals surface area (Å²) >= 11 is 0. The number of hydrogen-bond donors (Lipinski definition) is 0. The van der Waals surface area contributed by atoms with E-state index >= 15 is 0 Å². The number of fused-ring (bicyclic) bond motifs is 1. The number of hydrogen-bond acceptors (Lipinski definition) is 5. The molecule has 0 N–H and O–H groups in total. The minimum atomic E-state index is -0.463. The van der Waals surface area contributed by atoms with Gasteiger partial charge in [-0.25, -0.2) is 4.79 Å². The Morgan fingerprint density at radius 1 is 1.00 bits per heavy atom. The number of furan rings is 1. The van der Waals surface area contributed by atoms with E-state index in [1.165, 1.54) is 4.90 Å². The van der Waals surface area contributed by atoms with Crippen LogP contribution in [0.15, 0.2) is 59.0 Å². The molecule has 2 aromatic carbocycles. The average molecular weight is 363 g/mol. The lowest BCUT2D eigenvalue weighted by atomic mass is 10.1. The number of likely N-dealkylation sites (tertiary alicyclic amines) is 1. The molecule has 136 valence electrons. The molecule has 1 aliphatic heterocycles. The van der Waals surface area contributed by atoms with Crippen molar-refractivity contribution < 1.29 is 23.5 Å². The molecule has 1 aliphatic rings. The summed E-state index contributed by atoms with van der Waals surface area (Å²) in [6.45, 7) is 0.276. The Balaban J connectivity index is 1.37. The zero-order chi connectivity index (χ0) is 18.8. The Morgan fingerprint density at radius 3 is 2.41 bits per heavy atom. The molecule has 1 fully saturated rings. The maximum Gasteiger partial charge on any atom is 0.338 e. The van der Waals surface area contributed by atoms with Crippen molar-refractivity contribution in [3.63, 3.8) is 0 Å². The van der Waals surface area contributed by atoms with E-state index in [9.17, 15) is 14.4 Å². The van der Waals surface area contributed by atoms with Gasteiger partial charge in [-0.3, -0.25) is 14.5 Å². The summed E-state index contributed by atoms with van der Waals surface area (Å²) in [5.74, 6) is -0.203. The normalized spacial score (nSPS) is 14.1. The van der Waals surface area contributed by atoms with Crippen LogP contribution >= 0.6 is 0 Å². The fourth-order valence-electron chi connectivity index (χ4n) is 3.06. The van der Waals surface area contributed by atoms with E-state index in [-0.39, 0.29) is 37.8 Å². The number of carbonyl (C=O) groups is 3. The number of para-hydroxylation sites is 1. The van der Waals surface area contributed by atoms with Crippen molar-refractivity contribution >= 4 is 28.8 Å². The minimum Gasteiger partial charge on any atom is -0.457 e. The molecule has 3 aromatic rings. The maximum absolute atomic E-state index is 12.2. The Kier molecular flexibility index (Phi) is 4.46. The highest BCUT2D eigenvalue weighted by molar-refractivity contribution is 6.01. The number of imide groups is 1. The predicted molar refractivity (Wildman–Crippen MR) is 96.6 cm³/mol. The summed E-state index contributed by atoms with van der Waals surface area (Å²) in [6.07, 6.45) is 0.538. The van der Waals surface area contributed by atoms with Crippen LogP contribution in [0.2, 0.25) is 0 Å². The zero-order valence-electron chi connectivity index (χ0n) is 14.5. The summed E-state index contributed by atoms with van der Waals surface area (Å²) in [6, 6.07) is 16.1. The second kappa shape index (κ2) is 7.07. The smallest absolute Gasteiger partial charge is 0.338 e. The van der Waals surface area contributed by atoms with Gasteiger partial charge in [0.25, 0.3) is 0 Å². The van der Waals surface area contributed by atoms with Crippen LogP contribution in [0, 0.1) is 0 Å². The first kappa shape index (κ1) is 17.0. The highest BCUT2D eigenvalue weighted by atomic mass is 16.5. The lowest BCUT2D eigenvalue weighted by molar-refractivity contribution is -0.139. The third-order valence-corrected chi connectivity index (χ3v) is 4.51. The van der Waals surface area contributed by atoms with E-state index in [4.69, 9.17) is 9.15 Å². The number of amides is 2. The van der Waals surface area contributed by atoms with Crippen molar-refractivity contribution in [2.24, 2.45) is 0 Å². The van der Waals surface area contributed by atoms with Gasteiger partial charge in [0, 0.05) is 18.2 Å². The minimum absolute atomic E-state index is 0.0477. The summed E-state index contributed by atoms with van der Waals surface area (Å²) < 4.78 is 10.9. The first-order valence-corrected chi connectivity index (χ1v) is 8.67. The van der Waals surface area contributed by atoms with E-state index in [2.05, 4.69) is 0 Å². The first-order valence-electron chi connectivity index (χ1n) is 8.67. The van der Waals surface area contributed by atoms with Gasteiger partial charge in [-0.05, 0) is 29.8 Å². The van der Waals surface area contributed by atoms with Crippen molar-refractivity contribution in [2.75, 3.05) is 0 Å². The number of carbonyl (C=O) groups excluding carboxylic acids is 3. The van der Waals surface area contributed by atoms with Gasteiger partial charge >= 0.3 is 5.97 Å². The van der Waals surface area contributed by atoms with E-state index in [1.807, 2.05) is 30.3 Å². The van der Waals surface area contributed by atoms with Crippen molar-refractivity contribution in [3.8, 4) is 0 Å². The van der Waals surface area contributed by atoms with Crippen LogP contribution in [-0.2, 0) is 27.5 Å². The van der Waals surface area contributed by atoms with Crippen molar-refractivity contribution in [1.82, 2.24) is 4.90 Å². The molecule has 0 bridgehead atoms. The third-order valence-electron chi connectivity index (χ3n) is 4.51. The molecule has 2 amide bonds. The van der Waals surface area contributed by atoms with Crippen LogP contribution in [0.3, 0.4) is 0 Å². The molecule has 0 spiro atoms. The monoisotopic (exact) mass is 363 g/mol. The lowest BCUT2D eigenvalue weighted by Gasteiger charge is -2.13. The topological polar surface area (TPSA) is 76.8 Å².